The van der Waals surface area contributed by atoms with Crippen molar-refractivity contribution in [1.29, 1.82) is 0 Å². The van der Waals surface area contributed by atoms with Gasteiger partial charge in [-0.15, -0.1) is 12.8 Å². The maximum atomic E-state index is 5.20. The minimum atomic E-state index is 0.493. The van der Waals surface area contributed by atoms with Gasteiger partial charge in [-0.25, -0.2) is 0 Å². The minimum Gasteiger partial charge on any atom is -0.468 e. The van der Waals surface area contributed by atoms with E-state index in [0.717, 1.165) is 5.76 Å². The van der Waals surface area contributed by atoms with E-state index in [-0.39, 0.29) is 0 Å². The number of furan rings is 1. The van der Waals surface area contributed by atoms with Gasteiger partial charge < -0.3 is 10.2 Å². The van der Waals surface area contributed by atoms with Gasteiger partial charge in [-0.1, -0.05) is 0 Å². The molecule has 1 aromatic heterocycles. The van der Waals surface area contributed by atoms with Crippen molar-refractivity contribution in [2.45, 2.75) is 6.54 Å². The predicted octanol–water partition coefficient (Wildman–Crippen LogP) is 0.988. The molecule has 0 unspecified atom stereocenters. The van der Waals surface area contributed by atoms with Crippen LogP contribution < -0.4 is 5.73 Å². The van der Waals surface area contributed by atoms with Gasteiger partial charge in [0.05, 0.1) is 12.8 Å². The number of rotatable bonds is 1. The molecule has 1 heterocycles. The van der Waals surface area contributed by atoms with Gasteiger partial charge in [0, 0.05) is 0 Å². The largest absolute Gasteiger partial charge is 0.468 e. The van der Waals surface area contributed by atoms with Crippen LogP contribution in [0.15, 0.2) is 22.8 Å². The lowest BCUT2D eigenvalue weighted by molar-refractivity contribution is 0.512. The molecule has 9 heavy (non-hydrogen) atoms. The Labute approximate surface area is 54.7 Å². The lowest BCUT2D eigenvalue weighted by atomic mass is 10.5. The molecule has 0 aliphatic heterocycles. The molecule has 0 amide bonds. The van der Waals surface area contributed by atoms with Crippen molar-refractivity contribution in [3.05, 3.63) is 24.2 Å². The van der Waals surface area contributed by atoms with Gasteiger partial charge in [0.2, 0.25) is 0 Å². The maximum absolute atomic E-state index is 5.20. The van der Waals surface area contributed by atoms with Gasteiger partial charge >= 0.3 is 0 Å². The van der Waals surface area contributed by atoms with Crippen LogP contribution in [-0.2, 0) is 6.54 Å². The molecule has 0 saturated heterocycles. The number of nitrogens with two attached hydrogens (primary N) is 1. The van der Waals surface area contributed by atoms with E-state index in [0.29, 0.717) is 6.54 Å². The van der Waals surface area contributed by atoms with Crippen molar-refractivity contribution in [3.63, 3.8) is 0 Å². The molecule has 0 radical (unpaired) electrons. The van der Waals surface area contributed by atoms with Crippen LogP contribution >= 0.6 is 0 Å². The summed E-state index contributed by atoms with van der Waals surface area (Å²) in [7, 11) is 0. The van der Waals surface area contributed by atoms with Crippen molar-refractivity contribution >= 4 is 0 Å². The van der Waals surface area contributed by atoms with Crippen molar-refractivity contribution in [2.75, 3.05) is 0 Å². The SMILES string of the molecule is C#C.NCc1ccco1. The zero-order chi connectivity index (χ0) is 7.11. The highest BCUT2D eigenvalue weighted by atomic mass is 16.3. The van der Waals surface area contributed by atoms with Crippen molar-refractivity contribution in [3.8, 4) is 12.8 Å². The molecular formula is C7H9NO. The lowest BCUT2D eigenvalue weighted by Crippen LogP contribution is -1.92. The normalized spacial score (nSPS) is 7.44. The number of hydrogen-bond donors (Lipinski definition) is 1. The van der Waals surface area contributed by atoms with E-state index in [1.807, 2.05) is 12.1 Å². The van der Waals surface area contributed by atoms with Crippen LogP contribution in [0, 0.1) is 12.8 Å². The molecule has 48 valence electrons. The molecule has 2 N–H and O–H groups in total. The summed E-state index contributed by atoms with van der Waals surface area (Å²) in [4.78, 5) is 0. The first-order valence-corrected chi connectivity index (χ1v) is 2.49. The third kappa shape index (κ3) is 2.58. The standard InChI is InChI=1S/C5H7NO.C2H2/c6-4-5-2-1-3-7-5;1-2/h1-3H,4,6H2;1-2H. The summed E-state index contributed by atoms with van der Waals surface area (Å²) in [5.41, 5.74) is 5.20. The molecule has 0 saturated carbocycles. The molecule has 2 nitrogen and oxygen atoms in total. The third-order valence-corrected chi connectivity index (χ3v) is 0.781. The zero-order valence-corrected chi connectivity index (χ0v) is 5.08. The smallest absolute Gasteiger partial charge is 0.117 e. The molecule has 0 aliphatic carbocycles. The quantitative estimate of drug-likeness (QED) is 0.565. The second kappa shape index (κ2) is 4.95. The van der Waals surface area contributed by atoms with Gasteiger partial charge in [-0.05, 0) is 12.1 Å². The van der Waals surface area contributed by atoms with Crippen LogP contribution in [0.1, 0.15) is 5.76 Å². The molecular weight excluding hydrogens is 114 g/mol. The first-order valence-electron chi connectivity index (χ1n) is 2.49. The molecule has 0 spiro atoms. The molecule has 1 rings (SSSR count). The highest BCUT2D eigenvalue weighted by Crippen LogP contribution is 1.95. The van der Waals surface area contributed by atoms with E-state index in [9.17, 15) is 0 Å². The summed E-state index contributed by atoms with van der Waals surface area (Å²) >= 11 is 0. The molecule has 0 aromatic carbocycles. The monoisotopic (exact) mass is 123 g/mol. The van der Waals surface area contributed by atoms with Crippen LogP contribution in [0.3, 0.4) is 0 Å². The van der Waals surface area contributed by atoms with Gasteiger partial charge in [0.25, 0.3) is 0 Å². The number of terminal acetylenes is 1. The minimum absolute atomic E-state index is 0.493. The van der Waals surface area contributed by atoms with E-state index in [4.69, 9.17) is 10.2 Å². The molecule has 0 bridgehead atoms. The van der Waals surface area contributed by atoms with Crippen molar-refractivity contribution in [1.82, 2.24) is 0 Å². The van der Waals surface area contributed by atoms with E-state index in [1.165, 1.54) is 0 Å². The first-order chi connectivity index (χ1) is 4.43. The Morgan fingerprint density at radius 1 is 1.56 bits per heavy atom. The van der Waals surface area contributed by atoms with Gasteiger partial charge in [0.1, 0.15) is 5.76 Å². The van der Waals surface area contributed by atoms with Crippen molar-refractivity contribution < 1.29 is 4.42 Å². The zero-order valence-electron chi connectivity index (χ0n) is 5.08. The van der Waals surface area contributed by atoms with Crippen LogP contribution in [0.2, 0.25) is 0 Å². The van der Waals surface area contributed by atoms with E-state index >= 15 is 0 Å². The highest BCUT2D eigenvalue weighted by molar-refractivity contribution is 4.96. The Bertz CT molecular complexity index is 153. The summed E-state index contributed by atoms with van der Waals surface area (Å²) in [5.74, 6) is 0.833. The van der Waals surface area contributed by atoms with Gasteiger partial charge in [-0.2, -0.15) is 0 Å². The topological polar surface area (TPSA) is 39.2 Å². The third-order valence-electron chi connectivity index (χ3n) is 0.781. The highest BCUT2D eigenvalue weighted by Gasteiger charge is 1.84. The van der Waals surface area contributed by atoms with Gasteiger partial charge in [0.15, 0.2) is 0 Å². The fraction of sp³-hybridized carbons (Fsp3) is 0.143. The Morgan fingerprint density at radius 3 is 2.44 bits per heavy atom. The summed E-state index contributed by atoms with van der Waals surface area (Å²) in [6, 6.07) is 3.67. The van der Waals surface area contributed by atoms with Crippen LogP contribution in [0.5, 0.6) is 0 Å². The maximum Gasteiger partial charge on any atom is 0.117 e. The average Bonchev–Trinajstić information content (AvgIpc) is 2.43. The van der Waals surface area contributed by atoms with Gasteiger partial charge in [-0.3, -0.25) is 0 Å². The second-order valence-electron chi connectivity index (χ2n) is 1.28. The number of hydrogen-bond acceptors (Lipinski definition) is 2. The van der Waals surface area contributed by atoms with Crippen LogP contribution in [-0.4, -0.2) is 0 Å². The van der Waals surface area contributed by atoms with E-state index in [2.05, 4.69) is 12.8 Å². The van der Waals surface area contributed by atoms with E-state index < -0.39 is 0 Å². The average molecular weight is 123 g/mol. The fourth-order valence-corrected chi connectivity index (χ4v) is 0.429. The van der Waals surface area contributed by atoms with E-state index in [1.54, 1.807) is 6.26 Å². The fourth-order valence-electron chi connectivity index (χ4n) is 0.429. The van der Waals surface area contributed by atoms with Crippen molar-refractivity contribution in [2.24, 2.45) is 5.73 Å². The van der Waals surface area contributed by atoms with Crippen LogP contribution in [0.4, 0.5) is 0 Å². The summed E-state index contributed by atoms with van der Waals surface area (Å²) in [5, 5.41) is 0. The first kappa shape index (κ1) is 7.80. The Morgan fingerprint density at radius 2 is 2.22 bits per heavy atom. The summed E-state index contributed by atoms with van der Waals surface area (Å²) < 4.78 is 4.86. The molecule has 0 atom stereocenters. The molecule has 0 fully saturated rings. The Balaban J connectivity index is 0.000000291. The van der Waals surface area contributed by atoms with Crippen LogP contribution in [0.25, 0.3) is 0 Å². The molecule has 1 aromatic rings. The lowest BCUT2D eigenvalue weighted by Gasteiger charge is -1.80. The second-order valence-corrected chi connectivity index (χ2v) is 1.28. The molecule has 0 aliphatic rings. The molecule has 2 heteroatoms. The predicted molar refractivity (Wildman–Crippen MR) is 36.5 cm³/mol. The summed E-state index contributed by atoms with van der Waals surface area (Å²) in [6.07, 6.45) is 9.61. The Kier molecular flexibility index (Phi) is 4.29. The summed E-state index contributed by atoms with van der Waals surface area (Å²) in [6.45, 7) is 0.493. The Hall–Kier alpha value is -1.20.